The number of amides is 2. The fraction of sp³-hybridized carbons (Fsp3) is 0.368. The number of anilines is 2. The molecule has 3 rings (SSSR count). The Kier molecular flexibility index (Phi) is 6.08. The van der Waals surface area contributed by atoms with Gasteiger partial charge in [-0.1, -0.05) is 6.92 Å². The molecule has 0 bridgehead atoms. The van der Waals surface area contributed by atoms with Crippen LogP contribution in [-0.2, 0) is 17.7 Å². The van der Waals surface area contributed by atoms with Crippen LogP contribution >= 0.6 is 11.3 Å². The second-order valence-corrected chi connectivity index (χ2v) is 7.24. The molecule has 144 valence electrons. The second kappa shape index (κ2) is 8.49. The Bertz CT molecular complexity index is 835. The van der Waals surface area contributed by atoms with Crippen LogP contribution in [0.3, 0.4) is 0 Å². The number of nitrogens with zero attached hydrogens (tertiary/aromatic N) is 1. The number of fused-ring (bicyclic) bond motifs is 1. The zero-order chi connectivity index (χ0) is 19.4. The van der Waals surface area contributed by atoms with Gasteiger partial charge in [0.05, 0.1) is 12.2 Å². The summed E-state index contributed by atoms with van der Waals surface area (Å²) in [5.41, 5.74) is 1.87. The van der Waals surface area contributed by atoms with Crippen molar-refractivity contribution < 1.29 is 18.7 Å². The van der Waals surface area contributed by atoms with Crippen molar-refractivity contribution in [3.8, 4) is 0 Å². The zero-order valence-corrected chi connectivity index (χ0v) is 16.1. The second-order valence-electron chi connectivity index (χ2n) is 6.13. The Hall–Kier alpha value is -2.45. The molecule has 2 aromatic rings. The molecule has 0 unspecified atom stereocenters. The normalized spacial score (nSPS) is 13.7. The standard InChI is InChI=1S/C19H22FN3O3S/c1-3-23-10-9-14-15(11-23)27-17(16(14)18(24)26-4-2)22-19(25)21-13-7-5-12(20)6-8-13/h5-8H,3-4,9-11H2,1-2H3,(H2,21,22,25). The lowest BCUT2D eigenvalue weighted by Gasteiger charge is -2.25. The van der Waals surface area contributed by atoms with Crippen molar-refractivity contribution in [1.82, 2.24) is 4.90 Å². The summed E-state index contributed by atoms with van der Waals surface area (Å²) in [5.74, 6) is -0.797. The molecule has 8 heteroatoms. The van der Waals surface area contributed by atoms with Crippen molar-refractivity contribution in [2.24, 2.45) is 0 Å². The first kappa shape index (κ1) is 19.3. The van der Waals surface area contributed by atoms with E-state index in [4.69, 9.17) is 4.74 Å². The molecule has 0 spiro atoms. The van der Waals surface area contributed by atoms with Crippen LogP contribution in [0, 0.1) is 5.82 Å². The Balaban J connectivity index is 1.82. The molecule has 1 aliphatic heterocycles. The van der Waals surface area contributed by atoms with Gasteiger partial charge in [-0.25, -0.2) is 14.0 Å². The van der Waals surface area contributed by atoms with Gasteiger partial charge in [-0.05, 0) is 49.7 Å². The fourth-order valence-electron chi connectivity index (χ4n) is 3.03. The number of hydrogen-bond donors (Lipinski definition) is 2. The summed E-state index contributed by atoms with van der Waals surface area (Å²) in [6.45, 7) is 6.67. The number of esters is 1. The lowest BCUT2D eigenvalue weighted by Crippen LogP contribution is -2.30. The maximum absolute atomic E-state index is 13.0. The van der Waals surface area contributed by atoms with E-state index in [-0.39, 0.29) is 12.4 Å². The lowest BCUT2D eigenvalue weighted by atomic mass is 10.0. The first-order valence-corrected chi connectivity index (χ1v) is 9.71. The van der Waals surface area contributed by atoms with Crippen molar-refractivity contribution in [2.75, 3.05) is 30.3 Å². The maximum atomic E-state index is 13.0. The van der Waals surface area contributed by atoms with Crippen LogP contribution in [0.15, 0.2) is 24.3 Å². The van der Waals surface area contributed by atoms with Crippen molar-refractivity contribution in [1.29, 1.82) is 0 Å². The van der Waals surface area contributed by atoms with Crippen LogP contribution in [0.5, 0.6) is 0 Å². The molecule has 1 aliphatic rings. The topological polar surface area (TPSA) is 70.7 Å². The minimum atomic E-state index is -0.488. The molecule has 0 radical (unpaired) electrons. The van der Waals surface area contributed by atoms with E-state index in [1.165, 1.54) is 35.6 Å². The lowest BCUT2D eigenvalue weighted by molar-refractivity contribution is 0.0526. The third-order valence-corrected chi connectivity index (χ3v) is 5.52. The first-order chi connectivity index (χ1) is 13.0. The van der Waals surface area contributed by atoms with Gasteiger partial charge in [-0.2, -0.15) is 0 Å². The Morgan fingerprint density at radius 3 is 2.63 bits per heavy atom. The summed E-state index contributed by atoms with van der Waals surface area (Å²) in [6.07, 6.45) is 0.745. The van der Waals surface area contributed by atoms with Gasteiger partial charge in [-0.15, -0.1) is 11.3 Å². The number of benzene rings is 1. The summed E-state index contributed by atoms with van der Waals surface area (Å²) in [6, 6.07) is 4.99. The fourth-order valence-corrected chi connectivity index (χ4v) is 4.31. The smallest absolute Gasteiger partial charge is 0.341 e. The van der Waals surface area contributed by atoms with Gasteiger partial charge in [0.1, 0.15) is 10.8 Å². The number of carbonyl (C=O) groups is 2. The highest BCUT2D eigenvalue weighted by Crippen LogP contribution is 2.37. The molecule has 2 heterocycles. The van der Waals surface area contributed by atoms with Gasteiger partial charge in [0.15, 0.2) is 0 Å². The van der Waals surface area contributed by atoms with Crippen LogP contribution in [-0.4, -0.2) is 36.6 Å². The van der Waals surface area contributed by atoms with E-state index in [1.807, 2.05) is 0 Å². The van der Waals surface area contributed by atoms with E-state index < -0.39 is 12.0 Å². The van der Waals surface area contributed by atoms with E-state index in [2.05, 4.69) is 22.5 Å². The number of ether oxygens (including phenoxy) is 1. The van der Waals surface area contributed by atoms with E-state index >= 15 is 0 Å². The molecule has 0 fully saturated rings. The number of likely N-dealkylation sites (N-methyl/N-ethyl adjacent to an activating group) is 1. The summed E-state index contributed by atoms with van der Waals surface area (Å²) in [7, 11) is 0. The van der Waals surface area contributed by atoms with E-state index in [9.17, 15) is 14.0 Å². The molecule has 1 aromatic carbocycles. The highest BCUT2D eigenvalue weighted by atomic mass is 32.1. The van der Waals surface area contributed by atoms with Crippen molar-refractivity contribution in [3.63, 3.8) is 0 Å². The highest BCUT2D eigenvalue weighted by molar-refractivity contribution is 7.17. The average molecular weight is 391 g/mol. The molecule has 2 N–H and O–H groups in total. The number of thiophene rings is 1. The highest BCUT2D eigenvalue weighted by Gasteiger charge is 2.29. The van der Waals surface area contributed by atoms with Gasteiger partial charge in [0, 0.05) is 23.7 Å². The quantitative estimate of drug-likeness (QED) is 0.754. The Morgan fingerprint density at radius 2 is 1.96 bits per heavy atom. The van der Waals surface area contributed by atoms with E-state index in [0.29, 0.717) is 16.3 Å². The molecule has 0 saturated heterocycles. The zero-order valence-electron chi connectivity index (χ0n) is 15.3. The molecule has 0 atom stereocenters. The van der Waals surface area contributed by atoms with Gasteiger partial charge < -0.3 is 10.1 Å². The Labute approximate surface area is 161 Å². The summed E-state index contributed by atoms with van der Waals surface area (Å²) in [5, 5.41) is 5.88. The van der Waals surface area contributed by atoms with Crippen molar-refractivity contribution in [3.05, 3.63) is 46.1 Å². The van der Waals surface area contributed by atoms with Crippen molar-refractivity contribution >= 4 is 34.0 Å². The molecule has 0 aliphatic carbocycles. The molecule has 6 nitrogen and oxygen atoms in total. The third kappa shape index (κ3) is 4.45. The Morgan fingerprint density at radius 1 is 1.22 bits per heavy atom. The van der Waals surface area contributed by atoms with Gasteiger partial charge in [-0.3, -0.25) is 10.2 Å². The van der Waals surface area contributed by atoms with E-state index in [0.717, 1.165) is 36.5 Å². The molecule has 2 amide bonds. The van der Waals surface area contributed by atoms with Crippen LogP contribution in [0.4, 0.5) is 19.9 Å². The minimum Gasteiger partial charge on any atom is -0.462 e. The predicted octanol–water partition coefficient (Wildman–Crippen LogP) is 4.09. The first-order valence-electron chi connectivity index (χ1n) is 8.89. The van der Waals surface area contributed by atoms with E-state index in [1.54, 1.807) is 6.92 Å². The molecular formula is C19H22FN3O3S. The van der Waals surface area contributed by atoms with Crippen LogP contribution in [0.25, 0.3) is 0 Å². The number of halogens is 1. The average Bonchev–Trinajstić information content (AvgIpc) is 3.00. The number of carbonyl (C=O) groups excluding carboxylic acids is 2. The molecule has 1 aromatic heterocycles. The van der Waals surface area contributed by atoms with Gasteiger partial charge >= 0.3 is 12.0 Å². The van der Waals surface area contributed by atoms with Crippen LogP contribution in [0.1, 0.15) is 34.6 Å². The molecular weight excluding hydrogens is 369 g/mol. The van der Waals surface area contributed by atoms with Crippen molar-refractivity contribution in [2.45, 2.75) is 26.8 Å². The number of nitrogens with one attached hydrogen (secondary N) is 2. The van der Waals surface area contributed by atoms with Crippen LogP contribution < -0.4 is 10.6 Å². The molecule has 27 heavy (non-hydrogen) atoms. The third-order valence-electron chi connectivity index (χ3n) is 4.39. The largest absolute Gasteiger partial charge is 0.462 e. The number of hydrogen-bond acceptors (Lipinski definition) is 5. The minimum absolute atomic E-state index is 0.270. The summed E-state index contributed by atoms with van der Waals surface area (Å²) >= 11 is 1.40. The van der Waals surface area contributed by atoms with Gasteiger partial charge in [0.2, 0.25) is 0 Å². The molecule has 0 saturated carbocycles. The summed E-state index contributed by atoms with van der Waals surface area (Å²) in [4.78, 5) is 28.2. The number of rotatable bonds is 5. The van der Waals surface area contributed by atoms with Crippen LogP contribution in [0.2, 0.25) is 0 Å². The predicted molar refractivity (Wildman–Crippen MR) is 104 cm³/mol. The number of urea groups is 1. The monoisotopic (exact) mass is 391 g/mol. The van der Waals surface area contributed by atoms with Gasteiger partial charge in [0.25, 0.3) is 0 Å². The maximum Gasteiger partial charge on any atom is 0.341 e. The SMILES string of the molecule is CCOC(=O)c1c(NC(=O)Nc2ccc(F)cc2)sc2c1CCN(CC)C2. The summed E-state index contributed by atoms with van der Waals surface area (Å²) < 4.78 is 18.2.